The number of nitrogens with zero attached hydrogens (tertiary/aromatic N) is 2. The Morgan fingerprint density at radius 2 is 2.00 bits per heavy atom. The molecule has 2 N–H and O–H groups in total. The molecule has 0 aliphatic carbocycles. The molecule has 0 saturated carbocycles. The van der Waals surface area contributed by atoms with E-state index in [4.69, 9.17) is 10.5 Å². The Bertz CT molecular complexity index is 313. The maximum absolute atomic E-state index is 12.1. The quantitative estimate of drug-likeness (QED) is 0.857. The molecule has 0 aromatic rings. The first-order valence-corrected chi connectivity index (χ1v) is 7.65. The molecule has 1 fully saturated rings. The lowest BCUT2D eigenvalue weighted by Crippen LogP contribution is -2.58. The Hall–Kier alpha value is -0.810. The van der Waals surface area contributed by atoms with Crippen LogP contribution in [0, 0.1) is 5.92 Å². The topological polar surface area (TPSA) is 58.8 Å². The molecule has 1 heterocycles. The summed E-state index contributed by atoms with van der Waals surface area (Å²) in [5, 5.41) is 0. The van der Waals surface area contributed by atoms with Gasteiger partial charge >= 0.3 is 6.09 Å². The molecule has 0 aromatic heterocycles. The lowest BCUT2D eigenvalue weighted by molar-refractivity contribution is 0.00422. The van der Waals surface area contributed by atoms with Crippen molar-refractivity contribution >= 4 is 6.09 Å². The molecule has 20 heavy (non-hydrogen) atoms. The summed E-state index contributed by atoms with van der Waals surface area (Å²) in [5.74, 6) is 0.692. The fourth-order valence-electron chi connectivity index (χ4n) is 2.33. The van der Waals surface area contributed by atoms with Crippen molar-refractivity contribution in [3.8, 4) is 0 Å². The minimum atomic E-state index is -0.440. The van der Waals surface area contributed by atoms with Crippen LogP contribution in [0.25, 0.3) is 0 Å². The third-order valence-corrected chi connectivity index (χ3v) is 3.52. The van der Waals surface area contributed by atoms with Gasteiger partial charge in [0.25, 0.3) is 0 Å². The molecule has 5 heteroatoms. The van der Waals surface area contributed by atoms with Gasteiger partial charge in [0.05, 0.1) is 0 Å². The molecule has 1 rings (SSSR count). The van der Waals surface area contributed by atoms with Gasteiger partial charge in [-0.3, -0.25) is 4.90 Å². The number of hydrogen-bond acceptors (Lipinski definition) is 4. The van der Waals surface area contributed by atoms with Crippen LogP contribution >= 0.6 is 0 Å². The molecule has 1 aliphatic heterocycles. The van der Waals surface area contributed by atoms with E-state index in [0.29, 0.717) is 19.0 Å². The molecule has 1 unspecified atom stereocenters. The van der Waals surface area contributed by atoms with Crippen molar-refractivity contribution in [3.63, 3.8) is 0 Å². The molecule has 118 valence electrons. The molecule has 0 radical (unpaired) electrons. The minimum absolute atomic E-state index is 0.223. The van der Waals surface area contributed by atoms with E-state index in [9.17, 15) is 4.79 Å². The Morgan fingerprint density at radius 3 is 2.50 bits per heavy atom. The molecule has 1 amide bonds. The van der Waals surface area contributed by atoms with Crippen LogP contribution in [0.3, 0.4) is 0 Å². The van der Waals surface area contributed by atoms with Crippen LogP contribution < -0.4 is 5.73 Å². The van der Waals surface area contributed by atoms with Crippen LogP contribution in [0.1, 0.15) is 41.0 Å². The molecule has 1 aliphatic rings. The van der Waals surface area contributed by atoms with E-state index in [2.05, 4.69) is 18.7 Å². The third-order valence-electron chi connectivity index (χ3n) is 3.52. The normalized spacial score (nSPS) is 21.4. The van der Waals surface area contributed by atoms with Crippen molar-refractivity contribution in [3.05, 3.63) is 0 Å². The summed E-state index contributed by atoms with van der Waals surface area (Å²) >= 11 is 0. The van der Waals surface area contributed by atoms with Gasteiger partial charge in [0, 0.05) is 32.2 Å². The largest absolute Gasteiger partial charge is 0.444 e. The predicted octanol–water partition coefficient (Wildman–Crippen LogP) is 1.91. The Balaban J connectivity index is 2.52. The van der Waals surface area contributed by atoms with Crippen LogP contribution in [0.2, 0.25) is 0 Å². The molecular formula is C15H31N3O2. The zero-order valence-corrected chi connectivity index (χ0v) is 13.7. The highest BCUT2D eigenvalue weighted by Crippen LogP contribution is 2.15. The number of hydrogen-bond donors (Lipinski definition) is 1. The number of carbonyl (C=O) groups excluding carboxylic acids is 1. The number of amides is 1. The van der Waals surface area contributed by atoms with Gasteiger partial charge in [-0.05, 0) is 39.7 Å². The highest BCUT2D eigenvalue weighted by molar-refractivity contribution is 5.68. The van der Waals surface area contributed by atoms with Gasteiger partial charge in [0.2, 0.25) is 0 Å². The summed E-state index contributed by atoms with van der Waals surface area (Å²) in [7, 11) is 0. The maximum Gasteiger partial charge on any atom is 0.410 e. The molecule has 0 spiro atoms. The zero-order chi connectivity index (χ0) is 15.3. The number of rotatable bonds is 4. The van der Waals surface area contributed by atoms with Crippen molar-refractivity contribution < 1.29 is 9.53 Å². The number of piperazine rings is 1. The average Bonchev–Trinajstić information content (AvgIpc) is 2.33. The summed E-state index contributed by atoms with van der Waals surface area (Å²) in [6, 6.07) is 0.245. The van der Waals surface area contributed by atoms with Gasteiger partial charge in [-0.2, -0.15) is 0 Å². The van der Waals surface area contributed by atoms with Crippen molar-refractivity contribution in [1.29, 1.82) is 0 Å². The van der Waals surface area contributed by atoms with E-state index in [1.54, 1.807) is 4.90 Å². The highest BCUT2D eigenvalue weighted by Gasteiger charge is 2.30. The molecule has 1 atom stereocenters. The summed E-state index contributed by atoms with van der Waals surface area (Å²) < 4.78 is 5.43. The first kappa shape index (κ1) is 17.2. The number of nitrogens with two attached hydrogens (primary N) is 1. The summed E-state index contributed by atoms with van der Waals surface area (Å²) in [4.78, 5) is 16.3. The van der Waals surface area contributed by atoms with Gasteiger partial charge in [0.1, 0.15) is 5.60 Å². The van der Waals surface area contributed by atoms with E-state index in [-0.39, 0.29) is 12.1 Å². The first-order valence-electron chi connectivity index (χ1n) is 7.65. The van der Waals surface area contributed by atoms with Crippen molar-refractivity contribution in [2.45, 2.75) is 52.7 Å². The number of ether oxygens (including phenoxy) is 1. The smallest absolute Gasteiger partial charge is 0.410 e. The van der Waals surface area contributed by atoms with Crippen LogP contribution in [-0.4, -0.2) is 60.3 Å². The lowest BCUT2D eigenvalue weighted by Gasteiger charge is -2.41. The van der Waals surface area contributed by atoms with E-state index >= 15 is 0 Å². The Morgan fingerprint density at radius 1 is 1.35 bits per heavy atom. The molecule has 5 nitrogen and oxygen atoms in total. The third kappa shape index (κ3) is 5.67. The standard InChI is InChI=1S/C15H31N3O2/c1-12(2)6-7-17-8-9-18(11-13(17)10-16)14(19)20-15(3,4)5/h12-13H,6-11,16H2,1-5H3. The van der Waals surface area contributed by atoms with E-state index in [1.165, 1.54) is 6.42 Å². The van der Waals surface area contributed by atoms with E-state index in [1.807, 2.05) is 20.8 Å². The van der Waals surface area contributed by atoms with Gasteiger partial charge < -0.3 is 15.4 Å². The first-order chi connectivity index (χ1) is 9.23. The summed E-state index contributed by atoms with van der Waals surface area (Å²) in [5.41, 5.74) is 5.43. The molecular weight excluding hydrogens is 254 g/mol. The van der Waals surface area contributed by atoms with Crippen LogP contribution in [0.15, 0.2) is 0 Å². The molecule has 1 saturated heterocycles. The predicted molar refractivity (Wildman–Crippen MR) is 81.7 cm³/mol. The Labute approximate surface area is 123 Å². The molecule has 0 bridgehead atoms. The summed E-state index contributed by atoms with van der Waals surface area (Å²) in [6.07, 6.45) is 0.947. The van der Waals surface area contributed by atoms with Crippen LogP contribution in [-0.2, 0) is 4.74 Å². The minimum Gasteiger partial charge on any atom is -0.444 e. The van der Waals surface area contributed by atoms with Crippen molar-refractivity contribution in [1.82, 2.24) is 9.80 Å². The van der Waals surface area contributed by atoms with Gasteiger partial charge in [-0.1, -0.05) is 13.8 Å². The summed E-state index contributed by atoms with van der Waals surface area (Å²) in [6.45, 7) is 14.1. The SMILES string of the molecule is CC(C)CCN1CCN(C(=O)OC(C)(C)C)CC1CN. The second-order valence-electron chi connectivity index (χ2n) is 7.03. The van der Waals surface area contributed by atoms with E-state index in [0.717, 1.165) is 19.6 Å². The second-order valence-corrected chi connectivity index (χ2v) is 7.03. The number of carbonyl (C=O) groups is 1. The Kier molecular flexibility index (Phi) is 6.27. The second kappa shape index (κ2) is 7.27. The van der Waals surface area contributed by atoms with Gasteiger partial charge in [0.15, 0.2) is 0 Å². The van der Waals surface area contributed by atoms with E-state index < -0.39 is 5.60 Å². The monoisotopic (exact) mass is 285 g/mol. The zero-order valence-electron chi connectivity index (χ0n) is 13.7. The van der Waals surface area contributed by atoms with Crippen molar-refractivity contribution in [2.24, 2.45) is 11.7 Å². The van der Waals surface area contributed by atoms with Crippen LogP contribution in [0.5, 0.6) is 0 Å². The fraction of sp³-hybridized carbons (Fsp3) is 0.933. The average molecular weight is 285 g/mol. The van der Waals surface area contributed by atoms with Crippen molar-refractivity contribution in [2.75, 3.05) is 32.7 Å². The lowest BCUT2D eigenvalue weighted by atomic mass is 10.1. The van der Waals surface area contributed by atoms with Gasteiger partial charge in [-0.25, -0.2) is 4.79 Å². The fourth-order valence-corrected chi connectivity index (χ4v) is 2.33. The highest BCUT2D eigenvalue weighted by atomic mass is 16.6. The molecule has 0 aromatic carbocycles. The maximum atomic E-state index is 12.1. The van der Waals surface area contributed by atoms with Gasteiger partial charge in [-0.15, -0.1) is 0 Å². The van der Waals surface area contributed by atoms with Crippen LogP contribution in [0.4, 0.5) is 4.79 Å².